The summed E-state index contributed by atoms with van der Waals surface area (Å²) in [5.74, 6) is 0.0322. The van der Waals surface area contributed by atoms with Gasteiger partial charge in [-0.05, 0) is 48.2 Å². The molecule has 2 nitrogen and oxygen atoms in total. The highest BCUT2D eigenvalue weighted by Gasteiger charge is 2.45. The van der Waals surface area contributed by atoms with Gasteiger partial charge in [0, 0.05) is 10.0 Å². The Morgan fingerprint density at radius 1 is 0.952 bits per heavy atom. The highest BCUT2D eigenvalue weighted by atomic mass is 35.5. The summed E-state index contributed by atoms with van der Waals surface area (Å²) in [5.41, 5.74) is 1.88. The van der Waals surface area contributed by atoms with Crippen molar-refractivity contribution in [2.24, 2.45) is 0 Å². The van der Waals surface area contributed by atoms with E-state index in [2.05, 4.69) is 5.32 Å². The summed E-state index contributed by atoms with van der Waals surface area (Å²) in [4.78, 5) is 12.2. The van der Waals surface area contributed by atoms with Crippen LogP contribution >= 0.6 is 23.2 Å². The zero-order chi connectivity index (χ0) is 14.9. The highest BCUT2D eigenvalue weighted by molar-refractivity contribution is 6.30. The summed E-state index contributed by atoms with van der Waals surface area (Å²) < 4.78 is 0. The van der Waals surface area contributed by atoms with Gasteiger partial charge in [-0.15, -0.1) is 0 Å². The minimum atomic E-state index is -0.200. The lowest BCUT2D eigenvalue weighted by Gasteiger charge is -2.18. The number of amides is 1. The zero-order valence-corrected chi connectivity index (χ0v) is 12.9. The number of halogens is 2. The molecule has 0 atom stereocenters. The quantitative estimate of drug-likeness (QED) is 0.892. The van der Waals surface area contributed by atoms with Gasteiger partial charge in [-0.1, -0.05) is 47.5 Å². The van der Waals surface area contributed by atoms with E-state index >= 15 is 0 Å². The topological polar surface area (TPSA) is 29.1 Å². The molecule has 0 saturated heterocycles. The minimum absolute atomic E-state index is 0.0322. The third-order valence-corrected chi connectivity index (χ3v) is 4.31. The molecule has 0 aliphatic heterocycles. The number of hydrogen-bond acceptors (Lipinski definition) is 1. The molecule has 1 fully saturated rings. The Kier molecular flexibility index (Phi) is 3.92. The molecule has 1 aliphatic rings. The number of hydrogen-bond donors (Lipinski definition) is 1. The smallest absolute Gasteiger partial charge is 0.225 e. The van der Waals surface area contributed by atoms with E-state index in [1.807, 2.05) is 36.4 Å². The monoisotopic (exact) mass is 319 g/mol. The van der Waals surface area contributed by atoms with Crippen LogP contribution in [0.1, 0.15) is 24.0 Å². The summed E-state index contributed by atoms with van der Waals surface area (Å²) in [5, 5.41) is 4.54. The summed E-state index contributed by atoms with van der Waals surface area (Å²) in [6.45, 7) is 0. The molecular weight excluding hydrogens is 305 g/mol. The second kappa shape index (κ2) is 5.70. The van der Waals surface area contributed by atoms with Crippen molar-refractivity contribution in [3.8, 4) is 0 Å². The Bertz CT molecular complexity index is 645. The van der Waals surface area contributed by atoms with E-state index in [1.165, 1.54) is 0 Å². The van der Waals surface area contributed by atoms with Crippen LogP contribution in [0.4, 0.5) is 0 Å². The van der Waals surface area contributed by atoms with Gasteiger partial charge in [-0.2, -0.15) is 0 Å². The maximum absolute atomic E-state index is 12.2. The van der Waals surface area contributed by atoms with Crippen LogP contribution in [0, 0.1) is 0 Å². The Morgan fingerprint density at radius 3 is 2.00 bits per heavy atom. The van der Waals surface area contributed by atoms with Gasteiger partial charge >= 0.3 is 0 Å². The average Bonchev–Trinajstić information content (AvgIpc) is 3.23. The van der Waals surface area contributed by atoms with Gasteiger partial charge in [-0.3, -0.25) is 4.79 Å². The van der Waals surface area contributed by atoms with Crippen molar-refractivity contribution < 1.29 is 4.79 Å². The molecule has 0 bridgehead atoms. The zero-order valence-electron chi connectivity index (χ0n) is 11.4. The van der Waals surface area contributed by atoms with Crippen LogP contribution < -0.4 is 5.32 Å². The van der Waals surface area contributed by atoms with Gasteiger partial charge in [0.2, 0.25) is 5.91 Å². The molecule has 1 saturated carbocycles. The van der Waals surface area contributed by atoms with Crippen molar-refractivity contribution >= 4 is 29.1 Å². The van der Waals surface area contributed by atoms with Crippen LogP contribution in [0.5, 0.6) is 0 Å². The summed E-state index contributed by atoms with van der Waals surface area (Å²) in [6, 6.07) is 15.1. The van der Waals surface area contributed by atoms with Gasteiger partial charge in [0.25, 0.3) is 0 Å². The summed E-state index contributed by atoms with van der Waals surface area (Å²) in [7, 11) is 0. The Hall–Kier alpha value is -1.51. The molecule has 3 rings (SSSR count). The standard InChI is InChI=1S/C17H15Cl2NO/c18-14-5-1-12(2-6-14)11-16(21)20-17(9-10-17)13-3-7-15(19)8-4-13/h1-8H,9-11H2,(H,20,21). The SMILES string of the molecule is O=C(Cc1ccc(Cl)cc1)NC1(c2ccc(Cl)cc2)CC1. The molecular formula is C17H15Cl2NO. The molecule has 21 heavy (non-hydrogen) atoms. The van der Waals surface area contributed by atoms with Crippen molar-refractivity contribution in [2.75, 3.05) is 0 Å². The molecule has 1 N–H and O–H groups in total. The van der Waals surface area contributed by atoms with Crippen molar-refractivity contribution in [2.45, 2.75) is 24.8 Å². The minimum Gasteiger partial charge on any atom is -0.346 e. The maximum Gasteiger partial charge on any atom is 0.225 e. The first-order chi connectivity index (χ1) is 10.1. The molecule has 1 aliphatic carbocycles. The molecule has 0 heterocycles. The van der Waals surface area contributed by atoms with Gasteiger partial charge in [0.15, 0.2) is 0 Å². The lowest BCUT2D eigenvalue weighted by Crippen LogP contribution is -2.35. The molecule has 108 valence electrons. The lowest BCUT2D eigenvalue weighted by molar-refractivity contribution is -0.121. The number of carbonyl (C=O) groups excluding carboxylic acids is 1. The number of carbonyl (C=O) groups is 1. The van der Waals surface area contributed by atoms with Crippen LogP contribution in [0.25, 0.3) is 0 Å². The molecule has 4 heteroatoms. The summed E-state index contributed by atoms with van der Waals surface area (Å²) >= 11 is 11.8. The average molecular weight is 320 g/mol. The van der Waals surface area contributed by atoms with Crippen LogP contribution in [-0.4, -0.2) is 5.91 Å². The van der Waals surface area contributed by atoms with E-state index in [4.69, 9.17) is 23.2 Å². The molecule has 2 aromatic rings. The van der Waals surface area contributed by atoms with E-state index in [-0.39, 0.29) is 11.4 Å². The van der Waals surface area contributed by atoms with Gasteiger partial charge in [-0.25, -0.2) is 0 Å². The number of nitrogens with one attached hydrogen (secondary N) is 1. The predicted octanol–water partition coefficient (Wildman–Crippen LogP) is 4.34. The van der Waals surface area contributed by atoms with Gasteiger partial charge in [0.1, 0.15) is 0 Å². The highest BCUT2D eigenvalue weighted by Crippen LogP contribution is 2.45. The third-order valence-electron chi connectivity index (χ3n) is 3.80. The van der Waals surface area contributed by atoms with Crippen LogP contribution in [-0.2, 0) is 16.8 Å². The molecule has 0 aromatic heterocycles. The predicted molar refractivity (Wildman–Crippen MR) is 85.7 cm³/mol. The van der Waals surface area contributed by atoms with Crippen LogP contribution in [0.2, 0.25) is 10.0 Å². The van der Waals surface area contributed by atoms with Crippen molar-refractivity contribution in [3.63, 3.8) is 0 Å². The summed E-state index contributed by atoms with van der Waals surface area (Å²) in [6.07, 6.45) is 2.31. The second-order valence-electron chi connectivity index (χ2n) is 5.44. The fourth-order valence-corrected chi connectivity index (χ4v) is 2.73. The second-order valence-corrected chi connectivity index (χ2v) is 6.31. The molecule has 1 amide bonds. The largest absolute Gasteiger partial charge is 0.346 e. The third kappa shape index (κ3) is 3.39. The van der Waals surface area contributed by atoms with Crippen LogP contribution in [0.3, 0.4) is 0 Å². The Morgan fingerprint density at radius 2 is 1.48 bits per heavy atom. The van der Waals surface area contributed by atoms with Gasteiger partial charge in [0.05, 0.1) is 12.0 Å². The Labute approximate surface area is 134 Å². The van der Waals surface area contributed by atoms with Gasteiger partial charge < -0.3 is 5.32 Å². The molecule has 0 spiro atoms. The maximum atomic E-state index is 12.2. The lowest BCUT2D eigenvalue weighted by atomic mass is 10.0. The first kappa shape index (κ1) is 14.4. The van der Waals surface area contributed by atoms with Crippen molar-refractivity contribution in [3.05, 3.63) is 69.7 Å². The fraction of sp³-hybridized carbons (Fsp3) is 0.235. The normalized spacial score (nSPS) is 15.5. The Balaban J connectivity index is 1.67. The number of benzene rings is 2. The van der Waals surface area contributed by atoms with Crippen LogP contribution in [0.15, 0.2) is 48.5 Å². The van der Waals surface area contributed by atoms with E-state index in [0.717, 1.165) is 24.0 Å². The fourth-order valence-electron chi connectivity index (χ4n) is 2.48. The first-order valence-corrected chi connectivity index (χ1v) is 7.64. The molecule has 2 aromatic carbocycles. The first-order valence-electron chi connectivity index (χ1n) is 6.89. The van der Waals surface area contributed by atoms with E-state index in [9.17, 15) is 4.79 Å². The molecule has 0 unspecified atom stereocenters. The number of rotatable bonds is 4. The van der Waals surface area contributed by atoms with E-state index in [1.54, 1.807) is 12.1 Å². The van der Waals surface area contributed by atoms with Crippen molar-refractivity contribution in [1.29, 1.82) is 0 Å². The molecule has 0 radical (unpaired) electrons. The van der Waals surface area contributed by atoms with E-state index < -0.39 is 0 Å². The van der Waals surface area contributed by atoms with E-state index in [0.29, 0.717) is 16.5 Å². The van der Waals surface area contributed by atoms with Crippen molar-refractivity contribution in [1.82, 2.24) is 5.32 Å².